The van der Waals surface area contributed by atoms with Crippen LogP contribution in [0.3, 0.4) is 0 Å². The number of nitrogen functional groups attached to an aromatic ring is 1. The summed E-state index contributed by atoms with van der Waals surface area (Å²) in [7, 11) is 0. The Morgan fingerprint density at radius 3 is 2.60 bits per heavy atom. The molecule has 8 heteroatoms. The van der Waals surface area contributed by atoms with Crippen LogP contribution in [0.25, 0.3) is 0 Å². The van der Waals surface area contributed by atoms with Crippen LogP contribution in [0.15, 0.2) is 18.3 Å². The minimum Gasteiger partial charge on any atom is -0.398 e. The van der Waals surface area contributed by atoms with E-state index in [1.807, 2.05) is 13.8 Å². The zero-order valence-corrected chi connectivity index (χ0v) is 11.0. The normalized spacial score (nSPS) is 11.7. The number of alkyl halides is 3. The SMILES string of the molecule is CCn1nc(C)cc1Nc1cc(N)c(C(F)(F)F)cn1. The molecule has 20 heavy (non-hydrogen) atoms. The van der Waals surface area contributed by atoms with Gasteiger partial charge < -0.3 is 11.1 Å². The highest BCUT2D eigenvalue weighted by Crippen LogP contribution is 2.34. The van der Waals surface area contributed by atoms with E-state index in [1.54, 1.807) is 10.7 Å². The standard InChI is InChI=1S/C12H14F3N5/c1-3-20-11(4-7(2)19-20)18-10-5-9(16)8(6-17-10)12(13,14)15/h4-6H,3H2,1-2H3,(H3,16,17,18). The van der Waals surface area contributed by atoms with Crippen molar-refractivity contribution in [1.82, 2.24) is 14.8 Å². The Morgan fingerprint density at radius 2 is 2.05 bits per heavy atom. The van der Waals surface area contributed by atoms with Crippen molar-refractivity contribution in [3.63, 3.8) is 0 Å². The summed E-state index contributed by atoms with van der Waals surface area (Å²) in [4.78, 5) is 3.73. The van der Waals surface area contributed by atoms with Gasteiger partial charge in [-0.15, -0.1) is 0 Å². The average Bonchev–Trinajstić information content (AvgIpc) is 2.67. The number of nitrogens with zero attached hydrogens (tertiary/aromatic N) is 3. The summed E-state index contributed by atoms with van der Waals surface area (Å²) in [6, 6.07) is 2.93. The van der Waals surface area contributed by atoms with Crippen molar-refractivity contribution in [2.45, 2.75) is 26.6 Å². The summed E-state index contributed by atoms with van der Waals surface area (Å²) in [6.07, 6.45) is -3.78. The third-order valence-electron chi connectivity index (χ3n) is 2.70. The number of aromatic nitrogens is 3. The van der Waals surface area contributed by atoms with Crippen molar-refractivity contribution < 1.29 is 13.2 Å². The number of hydrogen-bond acceptors (Lipinski definition) is 4. The maximum atomic E-state index is 12.6. The molecule has 0 unspecified atom stereocenters. The molecule has 2 heterocycles. The Balaban J connectivity index is 2.29. The fourth-order valence-corrected chi connectivity index (χ4v) is 1.79. The predicted molar refractivity (Wildman–Crippen MR) is 69.6 cm³/mol. The second-order valence-corrected chi connectivity index (χ2v) is 4.27. The van der Waals surface area contributed by atoms with Gasteiger partial charge in [0.2, 0.25) is 0 Å². The molecule has 0 fully saturated rings. The van der Waals surface area contributed by atoms with Crippen molar-refractivity contribution in [1.29, 1.82) is 0 Å². The van der Waals surface area contributed by atoms with Crippen molar-refractivity contribution in [2.24, 2.45) is 0 Å². The van der Waals surface area contributed by atoms with E-state index in [-0.39, 0.29) is 11.5 Å². The summed E-state index contributed by atoms with van der Waals surface area (Å²) < 4.78 is 39.4. The van der Waals surface area contributed by atoms with Gasteiger partial charge in [0.25, 0.3) is 0 Å². The number of aryl methyl sites for hydroxylation is 2. The number of rotatable bonds is 3. The van der Waals surface area contributed by atoms with Crippen LogP contribution < -0.4 is 11.1 Å². The van der Waals surface area contributed by atoms with E-state index in [0.717, 1.165) is 18.0 Å². The van der Waals surface area contributed by atoms with Crippen LogP contribution in [-0.2, 0) is 12.7 Å². The van der Waals surface area contributed by atoms with Crippen LogP contribution in [0, 0.1) is 6.92 Å². The quantitative estimate of drug-likeness (QED) is 0.909. The molecule has 5 nitrogen and oxygen atoms in total. The highest BCUT2D eigenvalue weighted by Gasteiger charge is 2.33. The molecule has 0 amide bonds. The van der Waals surface area contributed by atoms with Gasteiger partial charge in [-0.05, 0) is 13.8 Å². The van der Waals surface area contributed by atoms with Crippen molar-refractivity contribution in [2.75, 3.05) is 11.1 Å². The predicted octanol–water partition coefficient (Wildman–Crippen LogP) is 2.95. The molecule has 0 spiro atoms. The van der Waals surface area contributed by atoms with Gasteiger partial charge in [0.1, 0.15) is 11.6 Å². The van der Waals surface area contributed by atoms with E-state index in [2.05, 4.69) is 15.4 Å². The summed E-state index contributed by atoms with van der Waals surface area (Å²) in [5.41, 5.74) is 4.91. The smallest absolute Gasteiger partial charge is 0.398 e. The summed E-state index contributed by atoms with van der Waals surface area (Å²) in [5.74, 6) is 0.891. The molecule has 108 valence electrons. The first-order valence-corrected chi connectivity index (χ1v) is 5.95. The topological polar surface area (TPSA) is 68.8 Å². The molecule has 0 radical (unpaired) electrons. The summed E-state index contributed by atoms with van der Waals surface area (Å²) >= 11 is 0. The molecule has 0 saturated carbocycles. The van der Waals surface area contributed by atoms with Crippen LogP contribution in [0.4, 0.5) is 30.5 Å². The first kappa shape index (κ1) is 14.2. The lowest BCUT2D eigenvalue weighted by atomic mass is 10.2. The van der Waals surface area contributed by atoms with Gasteiger partial charge in [0.15, 0.2) is 0 Å². The van der Waals surface area contributed by atoms with Crippen LogP contribution in [0.1, 0.15) is 18.2 Å². The summed E-state index contributed by atoms with van der Waals surface area (Å²) in [5, 5.41) is 7.13. The second kappa shape index (κ2) is 5.03. The Morgan fingerprint density at radius 1 is 1.35 bits per heavy atom. The zero-order chi connectivity index (χ0) is 14.9. The van der Waals surface area contributed by atoms with E-state index >= 15 is 0 Å². The maximum absolute atomic E-state index is 12.6. The lowest BCUT2D eigenvalue weighted by Crippen LogP contribution is -2.11. The molecule has 2 aromatic rings. The molecule has 0 saturated heterocycles. The highest BCUT2D eigenvalue weighted by molar-refractivity contribution is 5.60. The molecule has 2 rings (SSSR count). The van der Waals surface area contributed by atoms with Crippen LogP contribution in [0.2, 0.25) is 0 Å². The molecule has 0 atom stereocenters. The van der Waals surface area contributed by atoms with E-state index in [1.165, 1.54) is 0 Å². The summed E-state index contributed by atoms with van der Waals surface area (Å²) in [6.45, 7) is 4.37. The monoisotopic (exact) mass is 285 g/mol. The molecular formula is C12H14F3N5. The first-order valence-electron chi connectivity index (χ1n) is 5.95. The van der Waals surface area contributed by atoms with Crippen LogP contribution >= 0.6 is 0 Å². The average molecular weight is 285 g/mol. The van der Waals surface area contributed by atoms with Gasteiger partial charge in [-0.1, -0.05) is 0 Å². The van der Waals surface area contributed by atoms with Crippen molar-refractivity contribution in [3.8, 4) is 0 Å². The third kappa shape index (κ3) is 2.84. The second-order valence-electron chi connectivity index (χ2n) is 4.27. The lowest BCUT2D eigenvalue weighted by Gasteiger charge is -2.12. The molecule has 0 aliphatic heterocycles. The Kier molecular flexibility index (Phi) is 3.56. The first-order chi connectivity index (χ1) is 9.31. The van der Waals surface area contributed by atoms with E-state index in [4.69, 9.17) is 5.73 Å². The number of pyridine rings is 1. The Hall–Kier alpha value is -2.25. The Bertz CT molecular complexity index is 618. The lowest BCUT2D eigenvalue weighted by molar-refractivity contribution is -0.137. The molecule has 0 aliphatic carbocycles. The fraction of sp³-hybridized carbons (Fsp3) is 0.333. The molecule has 0 aliphatic rings. The number of hydrogen-bond donors (Lipinski definition) is 2. The van der Waals surface area contributed by atoms with E-state index in [0.29, 0.717) is 12.4 Å². The zero-order valence-electron chi connectivity index (χ0n) is 11.0. The number of halogens is 3. The van der Waals surface area contributed by atoms with Crippen molar-refractivity contribution >= 4 is 17.3 Å². The van der Waals surface area contributed by atoms with Gasteiger partial charge in [0, 0.05) is 30.6 Å². The number of nitrogens with two attached hydrogens (primary N) is 1. The molecule has 2 aromatic heterocycles. The van der Waals surface area contributed by atoms with E-state index < -0.39 is 11.7 Å². The van der Waals surface area contributed by atoms with E-state index in [9.17, 15) is 13.2 Å². The van der Waals surface area contributed by atoms with Crippen LogP contribution in [-0.4, -0.2) is 14.8 Å². The molecule has 3 N–H and O–H groups in total. The van der Waals surface area contributed by atoms with Crippen LogP contribution in [0.5, 0.6) is 0 Å². The third-order valence-corrected chi connectivity index (χ3v) is 2.70. The fourth-order valence-electron chi connectivity index (χ4n) is 1.79. The van der Waals surface area contributed by atoms with Crippen molar-refractivity contribution in [3.05, 3.63) is 29.6 Å². The minimum atomic E-state index is -4.50. The molecular weight excluding hydrogens is 271 g/mol. The number of nitrogens with one attached hydrogen (secondary N) is 1. The number of anilines is 3. The minimum absolute atomic E-state index is 0.241. The van der Waals surface area contributed by atoms with Gasteiger partial charge in [-0.2, -0.15) is 18.3 Å². The molecule has 0 aromatic carbocycles. The maximum Gasteiger partial charge on any atom is 0.419 e. The largest absolute Gasteiger partial charge is 0.419 e. The van der Waals surface area contributed by atoms with Gasteiger partial charge >= 0.3 is 6.18 Å². The van der Waals surface area contributed by atoms with Gasteiger partial charge in [-0.3, -0.25) is 0 Å². The molecule has 0 bridgehead atoms. The highest BCUT2D eigenvalue weighted by atomic mass is 19.4. The van der Waals surface area contributed by atoms with Gasteiger partial charge in [0.05, 0.1) is 11.3 Å². The van der Waals surface area contributed by atoms with Gasteiger partial charge in [-0.25, -0.2) is 9.67 Å². The Labute approximate surface area is 113 Å².